The molecule has 0 saturated heterocycles. The van der Waals surface area contributed by atoms with E-state index in [4.69, 9.17) is 25.5 Å². The lowest BCUT2D eigenvalue weighted by Gasteiger charge is -2.19. The van der Waals surface area contributed by atoms with Crippen LogP contribution in [0.3, 0.4) is 0 Å². The molecular formula is C26H21ClO5. The second-order valence-corrected chi connectivity index (χ2v) is 8.80. The van der Waals surface area contributed by atoms with Crippen LogP contribution in [0.1, 0.15) is 36.7 Å². The fourth-order valence-electron chi connectivity index (χ4n) is 3.16. The van der Waals surface area contributed by atoms with Crippen molar-refractivity contribution in [3.8, 4) is 17.2 Å². The van der Waals surface area contributed by atoms with E-state index in [-0.39, 0.29) is 27.9 Å². The first-order valence-corrected chi connectivity index (χ1v) is 10.4. The molecule has 5 nitrogen and oxygen atoms in total. The second kappa shape index (κ2) is 8.52. The summed E-state index contributed by atoms with van der Waals surface area (Å²) in [5, 5.41) is 0.751. The zero-order valence-corrected chi connectivity index (χ0v) is 18.6. The van der Waals surface area contributed by atoms with Crippen molar-refractivity contribution in [1.82, 2.24) is 0 Å². The third-order valence-corrected chi connectivity index (χ3v) is 5.17. The average Bonchev–Trinajstić information content (AvgIpc) is 2.75. The minimum atomic E-state index is -0.562. The number of carbonyl (C=O) groups excluding carboxylic acids is 1. The van der Waals surface area contributed by atoms with E-state index in [0.717, 1.165) is 5.56 Å². The highest BCUT2D eigenvalue weighted by atomic mass is 35.5. The normalized spacial score (nSPS) is 11.4. The van der Waals surface area contributed by atoms with Gasteiger partial charge >= 0.3 is 5.97 Å². The van der Waals surface area contributed by atoms with E-state index in [1.54, 1.807) is 18.2 Å². The van der Waals surface area contributed by atoms with E-state index in [0.29, 0.717) is 21.7 Å². The summed E-state index contributed by atoms with van der Waals surface area (Å²) in [6, 6.07) is 18.6. The molecule has 0 aliphatic rings. The van der Waals surface area contributed by atoms with Gasteiger partial charge in [0.2, 0.25) is 11.2 Å². The van der Waals surface area contributed by atoms with Crippen LogP contribution < -0.4 is 14.9 Å². The van der Waals surface area contributed by atoms with Gasteiger partial charge in [-0.15, -0.1) is 0 Å². The summed E-state index contributed by atoms with van der Waals surface area (Å²) < 4.78 is 16.7. The highest BCUT2D eigenvalue weighted by Gasteiger charge is 2.15. The van der Waals surface area contributed by atoms with Crippen LogP contribution in [0.5, 0.6) is 17.2 Å². The maximum atomic E-state index is 12.8. The van der Waals surface area contributed by atoms with Gasteiger partial charge in [0, 0.05) is 11.1 Å². The molecule has 0 radical (unpaired) electrons. The number of fused-ring (bicyclic) bond motifs is 1. The van der Waals surface area contributed by atoms with Crippen molar-refractivity contribution in [2.45, 2.75) is 26.2 Å². The molecule has 0 atom stereocenters. The lowest BCUT2D eigenvalue weighted by Crippen LogP contribution is -2.10. The van der Waals surface area contributed by atoms with Gasteiger partial charge in [-0.1, -0.05) is 50.6 Å². The first-order valence-electron chi connectivity index (χ1n) is 10.0. The maximum Gasteiger partial charge on any atom is 0.343 e. The predicted molar refractivity (Wildman–Crippen MR) is 124 cm³/mol. The van der Waals surface area contributed by atoms with Crippen LogP contribution in [-0.4, -0.2) is 5.97 Å². The van der Waals surface area contributed by atoms with Gasteiger partial charge in [-0.3, -0.25) is 4.79 Å². The number of esters is 1. The number of carbonyl (C=O) groups is 1. The Kier molecular flexibility index (Phi) is 5.76. The number of hydrogen-bond donors (Lipinski definition) is 0. The fraction of sp³-hybridized carbons (Fsp3) is 0.154. The summed E-state index contributed by atoms with van der Waals surface area (Å²) in [6.07, 6.45) is 1.25. The van der Waals surface area contributed by atoms with Crippen molar-refractivity contribution in [3.63, 3.8) is 0 Å². The van der Waals surface area contributed by atoms with Crippen LogP contribution in [0.2, 0.25) is 5.02 Å². The van der Waals surface area contributed by atoms with E-state index in [1.165, 1.54) is 30.5 Å². The molecule has 162 valence electrons. The molecule has 3 aromatic carbocycles. The smallest absolute Gasteiger partial charge is 0.343 e. The molecule has 0 amide bonds. The van der Waals surface area contributed by atoms with Crippen LogP contribution in [0.4, 0.5) is 0 Å². The first-order chi connectivity index (χ1) is 15.2. The zero-order chi connectivity index (χ0) is 22.9. The summed E-state index contributed by atoms with van der Waals surface area (Å²) in [4.78, 5) is 25.2. The molecule has 0 aliphatic heterocycles. The minimum absolute atomic E-state index is 0.0223. The second-order valence-electron chi connectivity index (χ2n) is 8.36. The van der Waals surface area contributed by atoms with Crippen LogP contribution in [0.15, 0.2) is 82.2 Å². The first kappa shape index (κ1) is 21.7. The highest BCUT2D eigenvalue weighted by molar-refractivity contribution is 6.30. The Bertz CT molecular complexity index is 1350. The van der Waals surface area contributed by atoms with Crippen molar-refractivity contribution in [2.24, 2.45) is 0 Å². The average molecular weight is 449 g/mol. The van der Waals surface area contributed by atoms with Gasteiger partial charge in [-0.25, -0.2) is 4.79 Å². The van der Waals surface area contributed by atoms with E-state index in [9.17, 15) is 9.59 Å². The molecule has 0 N–H and O–H groups in total. The summed E-state index contributed by atoms with van der Waals surface area (Å²) in [6.45, 7) is 6.38. The number of rotatable bonds is 4. The molecular weight excluding hydrogens is 428 g/mol. The number of benzene rings is 3. The molecule has 0 bridgehead atoms. The van der Waals surface area contributed by atoms with Gasteiger partial charge in [0.25, 0.3) is 0 Å². The lowest BCUT2D eigenvalue weighted by atomic mass is 9.87. The molecule has 1 heterocycles. The molecule has 0 saturated carbocycles. The van der Waals surface area contributed by atoms with Crippen LogP contribution in [0, 0.1) is 0 Å². The standard InChI is InChI=1S/C26H21ClO5/c1-26(2,3)17-7-9-19(10-8-17)31-23-15-30-22-14-20(11-12-21(22)24(23)28)32-25(29)16-5-4-6-18(27)13-16/h4-15H,1-3H3. The van der Waals surface area contributed by atoms with Gasteiger partial charge in [0.05, 0.1) is 10.9 Å². The lowest BCUT2D eigenvalue weighted by molar-refractivity contribution is 0.0735. The van der Waals surface area contributed by atoms with Crippen molar-refractivity contribution in [3.05, 3.63) is 99.4 Å². The van der Waals surface area contributed by atoms with Gasteiger partial charge in [0.15, 0.2) is 0 Å². The number of ether oxygens (including phenoxy) is 2. The summed E-state index contributed by atoms with van der Waals surface area (Å²) in [5.74, 6) is 0.298. The Labute approximate surface area is 190 Å². The Balaban J connectivity index is 1.56. The van der Waals surface area contributed by atoms with Crippen molar-refractivity contribution < 1.29 is 18.7 Å². The monoisotopic (exact) mass is 448 g/mol. The largest absolute Gasteiger partial charge is 0.460 e. The number of hydrogen-bond acceptors (Lipinski definition) is 5. The summed E-state index contributed by atoms with van der Waals surface area (Å²) in [5.41, 5.74) is 1.46. The summed E-state index contributed by atoms with van der Waals surface area (Å²) in [7, 11) is 0. The quantitative estimate of drug-likeness (QED) is 0.255. The molecule has 0 spiro atoms. The molecule has 0 unspecified atom stereocenters. The molecule has 4 rings (SSSR count). The molecule has 4 aromatic rings. The molecule has 32 heavy (non-hydrogen) atoms. The Morgan fingerprint density at radius 3 is 2.34 bits per heavy atom. The third kappa shape index (κ3) is 4.68. The predicted octanol–water partition coefficient (Wildman–Crippen LogP) is 6.76. The third-order valence-electron chi connectivity index (χ3n) is 4.93. The van der Waals surface area contributed by atoms with Crippen LogP contribution in [0.25, 0.3) is 11.0 Å². The SMILES string of the molecule is CC(C)(C)c1ccc(Oc2coc3cc(OC(=O)c4cccc(Cl)c4)ccc3c2=O)cc1. The Morgan fingerprint density at radius 2 is 1.66 bits per heavy atom. The van der Waals surface area contributed by atoms with E-state index >= 15 is 0 Å². The topological polar surface area (TPSA) is 65.7 Å². The highest BCUT2D eigenvalue weighted by Crippen LogP contribution is 2.27. The molecule has 0 aliphatic carbocycles. The van der Waals surface area contributed by atoms with Crippen LogP contribution in [-0.2, 0) is 5.41 Å². The number of halogens is 1. The van der Waals surface area contributed by atoms with Gasteiger partial charge in [-0.05, 0) is 53.4 Å². The van der Waals surface area contributed by atoms with Crippen molar-refractivity contribution >= 4 is 28.5 Å². The Hall–Kier alpha value is -3.57. The molecule has 0 fully saturated rings. The van der Waals surface area contributed by atoms with Gasteiger partial charge in [-0.2, -0.15) is 0 Å². The maximum absolute atomic E-state index is 12.8. The fourth-order valence-corrected chi connectivity index (χ4v) is 3.35. The van der Waals surface area contributed by atoms with Crippen LogP contribution >= 0.6 is 11.6 Å². The van der Waals surface area contributed by atoms with Crippen molar-refractivity contribution in [1.29, 1.82) is 0 Å². The Morgan fingerprint density at radius 1 is 0.938 bits per heavy atom. The van der Waals surface area contributed by atoms with Gasteiger partial charge in [0.1, 0.15) is 23.3 Å². The van der Waals surface area contributed by atoms with Crippen molar-refractivity contribution in [2.75, 3.05) is 0 Å². The molecule has 1 aromatic heterocycles. The molecule has 6 heteroatoms. The van der Waals surface area contributed by atoms with E-state index < -0.39 is 5.97 Å². The minimum Gasteiger partial charge on any atom is -0.460 e. The zero-order valence-electron chi connectivity index (χ0n) is 17.8. The van der Waals surface area contributed by atoms with E-state index in [2.05, 4.69) is 20.8 Å². The van der Waals surface area contributed by atoms with E-state index in [1.807, 2.05) is 24.3 Å². The van der Waals surface area contributed by atoms with Gasteiger partial charge < -0.3 is 13.9 Å². The summed E-state index contributed by atoms with van der Waals surface area (Å²) >= 11 is 5.92.